The monoisotopic (exact) mass is 310 g/mol. The number of aryl methyl sites for hydroxylation is 2. The summed E-state index contributed by atoms with van der Waals surface area (Å²) in [7, 11) is 1.99. The molecule has 6 nitrogen and oxygen atoms in total. The zero-order valence-corrected chi connectivity index (χ0v) is 13.3. The Bertz CT molecular complexity index is 876. The van der Waals surface area contributed by atoms with Crippen molar-refractivity contribution in [2.75, 3.05) is 0 Å². The van der Waals surface area contributed by atoms with Crippen molar-refractivity contribution < 1.29 is 9.32 Å². The molecule has 1 N–H and O–H groups in total. The van der Waals surface area contributed by atoms with E-state index in [1.165, 1.54) is 6.08 Å². The number of nitrogens with one attached hydrogen (secondary N) is 1. The number of nitrogens with zero attached hydrogens (tertiary/aromatic N) is 3. The first kappa shape index (κ1) is 15.0. The Morgan fingerprint density at radius 2 is 2.17 bits per heavy atom. The molecule has 0 spiro atoms. The van der Waals surface area contributed by atoms with Gasteiger partial charge in [0.1, 0.15) is 6.04 Å². The number of rotatable bonds is 4. The number of carbonyl (C=O) groups is 1. The summed E-state index contributed by atoms with van der Waals surface area (Å²) in [5, 5.41) is 7.63. The van der Waals surface area contributed by atoms with Gasteiger partial charge in [-0.3, -0.25) is 4.79 Å². The van der Waals surface area contributed by atoms with E-state index in [0.717, 1.165) is 16.5 Å². The van der Waals surface area contributed by atoms with Crippen LogP contribution in [0.3, 0.4) is 0 Å². The molecule has 1 amide bonds. The van der Waals surface area contributed by atoms with E-state index in [9.17, 15) is 4.79 Å². The predicted molar refractivity (Wildman–Crippen MR) is 87.5 cm³/mol. The van der Waals surface area contributed by atoms with Gasteiger partial charge >= 0.3 is 0 Å². The zero-order valence-electron chi connectivity index (χ0n) is 13.3. The standard InChI is InChI=1S/C17H18N4O2/c1-11(17-19-12(2)20-23-17)18-16(22)9-8-13-10-21(3)15-7-5-4-6-14(13)15/h4-11H,1-3H3,(H,18,22)/b9-8+/t11-/m0/s1. The molecule has 23 heavy (non-hydrogen) atoms. The average molecular weight is 310 g/mol. The highest BCUT2D eigenvalue weighted by Crippen LogP contribution is 2.21. The lowest BCUT2D eigenvalue weighted by Crippen LogP contribution is -2.24. The first-order chi connectivity index (χ1) is 11.0. The van der Waals surface area contributed by atoms with Crippen LogP contribution in [0.15, 0.2) is 41.1 Å². The van der Waals surface area contributed by atoms with Crippen LogP contribution in [0, 0.1) is 6.92 Å². The van der Waals surface area contributed by atoms with Gasteiger partial charge in [0.2, 0.25) is 11.8 Å². The third-order valence-electron chi connectivity index (χ3n) is 3.61. The number of fused-ring (bicyclic) bond motifs is 1. The molecule has 0 aliphatic rings. The second-order valence-corrected chi connectivity index (χ2v) is 5.46. The molecular formula is C17H18N4O2. The maximum atomic E-state index is 12.1. The summed E-state index contributed by atoms with van der Waals surface area (Å²) in [4.78, 5) is 16.2. The predicted octanol–water partition coefficient (Wildman–Crippen LogP) is 2.76. The fourth-order valence-electron chi connectivity index (χ4n) is 2.48. The Morgan fingerprint density at radius 1 is 1.39 bits per heavy atom. The Kier molecular flexibility index (Phi) is 3.97. The maximum Gasteiger partial charge on any atom is 0.248 e. The normalized spacial score (nSPS) is 12.8. The van der Waals surface area contributed by atoms with E-state index >= 15 is 0 Å². The summed E-state index contributed by atoms with van der Waals surface area (Å²) in [5.41, 5.74) is 2.13. The topological polar surface area (TPSA) is 73.0 Å². The Balaban J connectivity index is 1.73. The van der Waals surface area contributed by atoms with E-state index in [4.69, 9.17) is 4.52 Å². The van der Waals surface area contributed by atoms with Crippen LogP contribution in [0.1, 0.15) is 30.2 Å². The summed E-state index contributed by atoms with van der Waals surface area (Å²) in [6.07, 6.45) is 5.32. The van der Waals surface area contributed by atoms with Crippen LogP contribution in [0.25, 0.3) is 17.0 Å². The SMILES string of the molecule is Cc1noc([C@H](C)NC(=O)/C=C/c2cn(C)c3ccccc23)n1. The van der Waals surface area contributed by atoms with Crippen LogP contribution in [-0.4, -0.2) is 20.6 Å². The molecule has 0 radical (unpaired) electrons. The van der Waals surface area contributed by atoms with E-state index in [0.29, 0.717) is 11.7 Å². The minimum absolute atomic E-state index is 0.207. The Hall–Kier alpha value is -2.89. The molecule has 0 aliphatic heterocycles. The van der Waals surface area contributed by atoms with Crippen LogP contribution >= 0.6 is 0 Å². The fraction of sp³-hybridized carbons (Fsp3) is 0.235. The smallest absolute Gasteiger partial charge is 0.248 e. The molecule has 1 atom stereocenters. The lowest BCUT2D eigenvalue weighted by molar-refractivity contribution is -0.117. The Morgan fingerprint density at radius 3 is 2.91 bits per heavy atom. The summed E-state index contributed by atoms with van der Waals surface area (Å²) < 4.78 is 7.09. The van der Waals surface area contributed by atoms with Gasteiger partial charge in [0.25, 0.3) is 0 Å². The minimum atomic E-state index is -0.333. The minimum Gasteiger partial charge on any atom is -0.350 e. The Labute approximate surface area is 133 Å². The van der Waals surface area contributed by atoms with Gasteiger partial charge in [0.05, 0.1) is 0 Å². The van der Waals surface area contributed by atoms with Crippen molar-refractivity contribution in [1.29, 1.82) is 0 Å². The average Bonchev–Trinajstić information content (AvgIpc) is 3.10. The van der Waals surface area contributed by atoms with Gasteiger partial charge < -0.3 is 14.4 Å². The summed E-state index contributed by atoms with van der Waals surface area (Å²) in [5.74, 6) is 0.739. The maximum absolute atomic E-state index is 12.1. The van der Waals surface area contributed by atoms with Gasteiger partial charge in [-0.2, -0.15) is 4.98 Å². The molecule has 1 aromatic carbocycles. The largest absolute Gasteiger partial charge is 0.350 e. The van der Waals surface area contributed by atoms with E-state index < -0.39 is 0 Å². The van der Waals surface area contributed by atoms with Gasteiger partial charge in [0, 0.05) is 35.8 Å². The lowest BCUT2D eigenvalue weighted by atomic mass is 10.1. The fourth-order valence-corrected chi connectivity index (χ4v) is 2.48. The van der Waals surface area contributed by atoms with Crippen LogP contribution in [-0.2, 0) is 11.8 Å². The molecular weight excluding hydrogens is 292 g/mol. The first-order valence-corrected chi connectivity index (χ1v) is 7.37. The zero-order chi connectivity index (χ0) is 16.4. The molecule has 0 unspecified atom stereocenters. The van der Waals surface area contributed by atoms with Gasteiger partial charge in [-0.1, -0.05) is 23.4 Å². The number of amides is 1. The highest BCUT2D eigenvalue weighted by atomic mass is 16.5. The number of carbonyl (C=O) groups excluding carboxylic acids is 1. The number of para-hydroxylation sites is 1. The third-order valence-corrected chi connectivity index (χ3v) is 3.61. The van der Waals surface area contributed by atoms with Crippen molar-refractivity contribution in [1.82, 2.24) is 20.0 Å². The summed E-state index contributed by atoms with van der Waals surface area (Å²) >= 11 is 0. The van der Waals surface area contributed by atoms with Crippen molar-refractivity contribution in [3.8, 4) is 0 Å². The van der Waals surface area contributed by atoms with E-state index in [-0.39, 0.29) is 11.9 Å². The van der Waals surface area contributed by atoms with Crippen molar-refractivity contribution in [3.63, 3.8) is 0 Å². The lowest BCUT2D eigenvalue weighted by Gasteiger charge is -2.06. The number of hydrogen-bond acceptors (Lipinski definition) is 4. The van der Waals surface area contributed by atoms with Crippen molar-refractivity contribution >= 4 is 22.9 Å². The molecule has 3 rings (SSSR count). The molecule has 0 saturated heterocycles. The van der Waals surface area contributed by atoms with Crippen molar-refractivity contribution in [2.45, 2.75) is 19.9 Å². The third kappa shape index (κ3) is 3.15. The highest BCUT2D eigenvalue weighted by Gasteiger charge is 2.14. The molecule has 6 heteroatoms. The molecule has 118 valence electrons. The molecule has 2 aromatic heterocycles. The number of aromatic nitrogens is 3. The van der Waals surface area contributed by atoms with Crippen LogP contribution in [0.4, 0.5) is 0 Å². The molecule has 0 bridgehead atoms. The number of hydrogen-bond donors (Lipinski definition) is 1. The van der Waals surface area contributed by atoms with Crippen LogP contribution < -0.4 is 5.32 Å². The van der Waals surface area contributed by atoms with Crippen LogP contribution in [0.2, 0.25) is 0 Å². The number of benzene rings is 1. The van der Waals surface area contributed by atoms with Crippen molar-refractivity contribution in [2.24, 2.45) is 7.05 Å². The summed E-state index contributed by atoms with van der Waals surface area (Å²) in [6.45, 7) is 3.54. The van der Waals surface area contributed by atoms with Gasteiger partial charge in [-0.05, 0) is 26.0 Å². The van der Waals surface area contributed by atoms with Crippen molar-refractivity contribution in [3.05, 3.63) is 53.8 Å². The van der Waals surface area contributed by atoms with Crippen LogP contribution in [0.5, 0.6) is 0 Å². The van der Waals surface area contributed by atoms with E-state index in [2.05, 4.69) is 15.5 Å². The molecule has 0 saturated carbocycles. The van der Waals surface area contributed by atoms with E-state index in [1.807, 2.05) is 48.2 Å². The first-order valence-electron chi connectivity index (χ1n) is 7.37. The molecule has 3 aromatic rings. The second-order valence-electron chi connectivity index (χ2n) is 5.46. The highest BCUT2D eigenvalue weighted by molar-refractivity contribution is 5.96. The molecule has 0 fully saturated rings. The quantitative estimate of drug-likeness (QED) is 0.752. The summed E-state index contributed by atoms with van der Waals surface area (Å²) in [6, 6.07) is 7.74. The molecule has 0 aliphatic carbocycles. The van der Waals surface area contributed by atoms with E-state index in [1.54, 1.807) is 13.8 Å². The van der Waals surface area contributed by atoms with Gasteiger partial charge in [0.15, 0.2) is 5.82 Å². The second kappa shape index (κ2) is 6.08. The van der Waals surface area contributed by atoms with Gasteiger partial charge in [-0.15, -0.1) is 0 Å². The molecule has 2 heterocycles. The van der Waals surface area contributed by atoms with Gasteiger partial charge in [-0.25, -0.2) is 0 Å².